The molecule has 0 saturated carbocycles. The first-order chi connectivity index (χ1) is 11.2. The lowest BCUT2D eigenvalue weighted by Crippen LogP contribution is -2.13. The van der Waals surface area contributed by atoms with Crippen LogP contribution in [0.3, 0.4) is 0 Å². The molecule has 0 unspecified atom stereocenters. The van der Waals surface area contributed by atoms with Crippen LogP contribution >= 0.6 is 0 Å². The minimum Gasteiger partial charge on any atom is -0.345 e. The van der Waals surface area contributed by atoms with E-state index < -0.39 is 0 Å². The van der Waals surface area contributed by atoms with Gasteiger partial charge in [0.25, 0.3) is 0 Å². The van der Waals surface area contributed by atoms with Gasteiger partial charge >= 0.3 is 0 Å². The highest BCUT2D eigenvalue weighted by atomic mass is 15.0. The lowest BCUT2D eigenvalue weighted by atomic mass is 10.2. The van der Waals surface area contributed by atoms with Crippen molar-refractivity contribution in [3.05, 3.63) is 47.3 Å². The minimum absolute atomic E-state index is 0.804. The van der Waals surface area contributed by atoms with E-state index in [4.69, 9.17) is 0 Å². The number of H-pyrrole nitrogens is 1. The van der Waals surface area contributed by atoms with Gasteiger partial charge in [-0.25, -0.2) is 9.97 Å². The Morgan fingerprint density at radius 2 is 2.13 bits per heavy atom. The summed E-state index contributed by atoms with van der Waals surface area (Å²) in [6.07, 6.45) is 5.35. The summed E-state index contributed by atoms with van der Waals surface area (Å²) in [7, 11) is 2.05. The van der Waals surface area contributed by atoms with E-state index in [0.717, 1.165) is 42.4 Å². The van der Waals surface area contributed by atoms with Crippen LogP contribution in [0.4, 0.5) is 0 Å². The predicted molar refractivity (Wildman–Crippen MR) is 93.2 cm³/mol. The van der Waals surface area contributed by atoms with Crippen molar-refractivity contribution in [3.8, 4) is 0 Å². The third-order valence-corrected chi connectivity index (χ3v) is 4.26. The molecule has 0 radical (unpaired) electrons. The summed E-state index contributed by atoms with van der Waals surface area (Å²) >= 11 is 0. The van der Waals surface area contributed by atoms with Crippen molar-refractivity contribution in [2.75, 3.05) is 0 Å². The van der Waals surface area contributed by atoms with E-state index in [1.807, 2.05) is 13.1 Å². The summed E-state index contributed by atoms with van der Waals surface area (Å²) in [6.45, 7) is 5.87. The number of benzene rings is 1. The number of rotatable bonds is 7. The molecule has 0 atom stereocenters. The molecule has 5 nitrogen and oxygen atoms in total. The maximum Gasteiger partial charge on any atom is 0.106 e. The SMILES string of the molecule is CCCCc1ncc(CNCc2ccc3c(c2)nc(C)n3C)[nH]1. The van der Waals surface area contributed by atoms with E-state index in [1.165, 1.54) is 23.9 Å². The highest BCUT2D eigenvalue weighted by molar-refractivity contribution is 5.76. The summed E-state index contributed by atoms with van der Waals surface area (Å²) in [5, 5.41) is 3.47. The number of aryl methyl sites for hydroxylation is 3. The van der Waals surface area contributed by atoms with Crippen LogP contribution in [0.25, 0.3) is 11.0 Å². The van der Waals surface area contributed by atoms with Crippen LogP contribution in [0.1, 0.15) is 42.7 Å². The smallest absolute Gasteiger partial charge is 0.106 e. The molecule has 3 rings (SSSR count). The molecule has 0 aliphatic carbocycles. The van der Waals surface area contributed by atoms with Gasteiger partial charge in [-0.15, -0.1) is 0 Å². The van der Waals surface area contributed by atoms with Gasteiger partial charge in [0.2, 0.25) is 0 Å². The fraction of sp³-hybridized carbons (Fsp3) is 0.444. The molecule has 2 N–H and O–H groups in total. The fourth-order valence-electron chi connectivity index (χ4n) is 2.78. The normalized spacial score (nSPS) is 11.4. The van der Waals surface area contributed by atoms with Crippen LogP contribution in [0.15, 0.2) is 24.4 Å². The first kappa shape index (κ1) is 15.7. The molecule has 0 spiro atoms. The van der Waals surface area contributed by atoms with Crippen molar-refractivity contribution in [2.24, 2.45) is 7.05 Å². The van der Waals surface area contributed by atoms with Gasteiger partial charge in [0.05, 0.1) is 11.0 Å². The van der Waals surface area contributed by atoms with Crippen molar-refractivity contribution in [3.63, 3.8) is 0 Å². The van der Waals surface area contributed by atoms with E-state index >= 15 is 0 Å². The molecule has 2 aromatic heterocycles. The third kappa shape index (κ3) is 3.62. The largest absolute Gasteiger partial charge is 0.345 e. The Hall–Kier alpha value is -2.14. The maximum atomic E-state index is 4.59. The number of nitrogens with zero attached hydrogens (tertiary/aromatic N) is 3. The Kier molecular flexibility index (Phi) is 4.76. The molecular formula is C18H25N5. The zero-order chi connectivity index (χ0) is 16.2. The molecule has 3 aromatic rings. The molecule has 122 valence electrons. The number of unbranched alkanes of at least 4 members (excludes halogenated alkanes) is 1. The van der Waals surface area contributed by atoms with Gasteiger partial charge in [0.15, 0.2) is 0 Å². The molecule has 23 heavy (non-hydrogen) atoms. The predicted octanol–water partition coefficient (Wildman–Crippen LogP) is 3.24. The number of hydrogen-bond donors (Lipinski definition) is 2. The van der Waals surface area contributed by atoms with Gasteiger partial charge in [0.1, 0.15) is 11.6 Å². The Morgan fingerprint density at radius 1 is 1.26 bits per heavy atom. The van der Waals surface area contributed by atoms with E-state index in [0.29, 0.717) is 0 Å². The van der Waals surface area contributed by atoms with Crippen molar-refractivity contribution in [2.45, 2.75) is 46.2 Å². The Morgan fingerprint density at radius 3 is 2.96 bits per heavy atom. The van der Waals surface area contributed by atoms with Crippen LogP contribution in [0.2, 0.25) is 0 Å². The second-order valence-electron chi connectivity index (χ2n) is 6.10. The van der Waals surface area contributed by atoms with Crippen molar-refractivity contribution >= 4 is 11.0 Å². The van der Waals surface area contributed by atoms with E-state index in [-0.39, 0.29) is 0 Å². The maximum absolute atomic E-state index is 4.59. The van der Waals surface area contributed by atoms with E-state index in [2.05, 4.69) is 57.0 Å². The highest BCUT2D eigenvalue weighted by Crippen LogP contribution is 2.16. The summed E-state index contributed by atoms with van der Waals surface area (Å²) in [6, 6.07) is 6.47. The molecular weight excluding hydrogens is 286 g/mol. The number of aromatic nitrogens is 4. The van der Waals surface area contributed by atoms with Gasteiger partial charge in [-0.1, -0.05) is 19.4 Å². The van der Waals surface area contributed by atoms with Crippen molar-refractivity contribution in [1.29, 1.82) is 0 Å². The first-order valence-corrected chi connectivity index (χ1v) is 8.33. The van der Waals surface area contributed by atoms with Crippen molar-refractivity contribution < 1.29 is 0 Å². The molecule has 0 saturated heterocycles. The standard InChI is InChI=1S/C18H25N5/c1-4-5-6-18-20-12-15(22-18)11-19-10-14-7-8-17-16(9-14)21-13(2)23(17)3/h7-9,12,19H,4-6,10-11H2,1-3H3,(H,20,22). The number of nitrogens with one attached hydrogen (secondary N) is 2. The molecule has 5 heteroatoms. The minimum atomic E-state index is 0.804. The molecule has 0 bridgehead atoms. The highest BCUT2D eigenvalue weighted by Gasteiger charge is 2.05. The quantitative estimate of drug-likeness (QED) is 0.704. The van der Waals surface area contributed by atoms with Gasteiger partial charge in [-0.3, -0.25) is 0 Å². The second-order valence-corrected chi connectivity index (χ2v) is 6.10. The van der Waals surface area contributed by atoms with Crippen LogP contribution in [0.5, 0.6) is 0 Å². The second kappa shape index (κ2) is 6.96. The Bertz CT molecular complexity index is 784. The summed E-state index contributed by atoms with van der Waals surface area (Å²) in [4.78, 5) is 12.4. The number of imidazole rings is 2. The average molecular weight is 311 g/mol. The monoisotopic (exact) mass is 311 g/mol. The van der Waals surface area contributed by atoms with Crippen LogP contribution < -0.4 is 5.32 Å². The molecule has 0 aliphatic heterocycles. The van der Waals surface area contributed by atoms with Gasteiger partial charge < -0.3 is 14.9 Å². The number of aromatic amines is 1. The zero-order valence-electron chi connectivity index (χ0n) is 14.2. The van der Waals surface area contributed by atoms with Crippen LogP contribution in [-0.4, -0.2) is 19.5 Å². The van der Waals surface area contributed by atoms with E-state index in [9.17, 15) is 0 Å². The number of fused-ring (bicyclic) bond motifs is 1. The number of hydrogen-bond acceptors (Lipinski definition) is 3. The fourth-order valence-corrected chi connectivity index (χ4v) is 2.78. The molecule has 0 aliphatic rings. The van der Waals surface area contributed by atoms with Crippen LogP contribution in [-0.2, 0) is 26.6 Å². The lowest BCUT2D eigenvalue weighted by Gasteiger charge is -2.04. The first-order valence-electron chi connectivity index (χ1n) is 8.33. The van der Waals surface area contributed by atoms with Gasteiger partial charge in [-0.05, 0) is 31.0 Å². The average Bonchev–Trinajstić information content (AvgIpc) is 3.10. The zero-order valence-corrected chi connectivity index (χ0v) is 14.2. The Labute approximate surface area is 137 Å². The van der Waals surface area contributed by atoms with Gasteiger partial charge in [-0.2, -0.15) is 0 Å². The van der Waals surface area contributed by atoms with Gasteiger partial charge in [0, 0.05) is 38.4 Å². The third-order valence-electron chi connectivity index (χ3n) is 4.26. The summed E-state index contributed by atoms with van der Waals surface area (Å²) in [5.41, 5.74) is 4.64. The molecule has 0 fully saturated rings. The Balaban J connectivity index is 1.57. The summed E-state index contributed by atoms with van der Waals surface area (Å²) in [5.74, 6) is 2.14. The molecule has 2 heterocycles. The summed E-state index contributed by atoms with van der Waals surface area (Å²) < 4.78 is 2.12. The van der Waals surface area contributed by atoms with Crippen molar-refractivity contribution in [1.82, 2.24) is 24.8 Å². The lowest BCUT2D eigenvalue weighted by molar-refractivity contribution is 0.679. The molecule has 1 aromatic carbocycles. The molecule has 0 amide bonds. The topological polar surface area (TPSA) is 58.5 Å². The van der Waals surface area contributed by atoms with E-state index in [1.54, 1.807) is 0 Å². The van der Waals surface area contributed by atoms with Crippen LogP contribution in [0, 0.1) is 6.92 Å².